The normalized spacial score (nSPS) is 18.6. The van der Waals surface area contributed by atoms with Crippen LogP contribution in [0.5, 0.6) is 17.6 Å². The van der Waals surface area contributed by atoms with Gasteiger partial charge in [-0.3, -0.25) is 14.5 Å². The summed E-state index contributed by atoms with van der Waals surface area (Å²) < 4.78 is 41.4. The average molecular weight is 1160 g/mol. The van der Waals surface area contributed by atoms with Crippen LogP contribution in [0.2, 0.25) is 5.02 Å². The number of aliphatic hydroxyl groups is 1. The Bertz CT molecular complexity index is 3450. The highest BCUT2D eigenvalue weighted by Crippen LogP contribution is 2.43. The highest BCUT2D eigenvalue weighted by molar-refractivity contribution is 7.13. The number of phenols is 1. The zero-order valence-electron chi connectivity index (χ0n) is 47.7. The van der Waals surface area contributed by atoms with Gasteiger partial charge in [-0.1, -0.05) is 80.9 Å². The molecule has 0 radical (unpaired) electrons. The number of amides is 2. The van der Waals surface area contributed by atoms with Gasteiger partial charge in [-0.2, -0.15) is 9.97 Å². The molecule has 0 aliphatic carbocycles. The van der Waals surface area contributed by atoms with Crippen molar-refractivity contribution >= 4 is 68.2 Å². The number of thiazole rings is 1. The lowest BCUT2D eigenvalue weighted by molar-refractivity contribution is -0.140. The molecule has 20 heteroatoms. The third-order valence-electron chi connectivity index (χ3n) is 15.9. The number of carbonyl (C=O) groups is 3. The van der Waals surface area contributed by atoms with Crippen LogP contribution in [0, 0.1) is 24.6 Å². The Morgan fingerprint density at radius 1 is 0.927 bits per heavy atom. The van der Waals surface area contributed by atoms with Crippen LogP contribution in [-0.2, 0) is 14.3 Å². The van der Waals surface area contributed by atoms with Gasteiger partial charge in [0, 0.05) is 69.1 Å². The minimum absolute atomic E-state index is 0.00798. The van der Waals surface area contributed by atoms with Gasteiger partial charge < -0.3 is 43.6 Å². The Morgan fingerprint density at radius 2 is 1.66 bits per heavy atom. The fraction of sp³-hybridized carbons (Fsp3) is 0.468. The van der Waals surface area contributed by atoms with Gasteiger partial charge in [0.15, 0.2) is 17.4 Å². The first-order valence-corrected chi connectivity index (χ1v) is 29.6. The Kier molecular flexibility index (Phi) is 17.4. The van der Waals surface area contributed by atoms with E-state index in [0.29, 0.717) is 67.2 Å². The van der Waals surface area contributed by atoms with Crippen LogP contribution >= 0.6 is 22.9 Å². The lowest BCUT2D eigenvalue weighted by Gasteiger charge is -2.36. The number of hydrogen-bond acceptors (Lipinski definition) is 16. The van der Waals surface area contributed by atoms with Gasteiger partial charge in [0.1, 0.15) is 34.7 Å². The number of ether oxygens (including phenoxy) is 3. The van der Waals surface area contributed by atoms with Gasteiger partial charge >= 0.3 is 12.1 Å². The maximum atomic E-state index is 17.3. The lowest BCUT2D eigenvalue weighted by Crippen LogP contribution is -2.50. The summed E-state index contributed by atoms with van der Waals surface area (Å²) in [4.78, 5) is 63.9. The molecule has 0 spiro atoms. The minimum atomic E-state index is -0.820. The van der Waals surface area contributed by atoms with Crippen molar-refractivity contribution in [1.29, 1.82) is 0 Å². The number of aromatic hydroxyl groups is 1. The van der Waals surface area contributed by atoms with Crippen molar-refractivity contribution in [2.45, 2.75) is 117 Å². The highest BCUT2D eigenvalue weighted by atomic mass is 35.5. The molecule has 3 aromatic heterocycles. The number of hydrogen-bond donors (Lipinski definition) is 2. The number of piperidine rings is 1. The number of anilines is 1. The third kappa shape index (κ3) is 13.0. The molecule has 2 amide bonds. The van der Waals surface area contributed by atoms with Gasteiger partial charge in [-0.15, -0.1) is 11.3 Å². The molecule has 6 heterocycles. The molecular formula is C62H72ClFN8O9S. The van der Waals surface area contributed by atoms with E-state index in [1.807, 2.05) is 102 Å². The maximum absolute atomic E-state index is 17.3. The van der Waals surface area contributed by atoms with E-state index in [4.69, 9.17) is 40.3 Å². The summed E-state index contributed by atoms with van der Waals surface area (Å²) in [6.45, 7) is 19.2. The number of benzene rings is 4. The number of nitrogens with zero attached hydrogens (tertiary/aromatic N) is 8. The number of likely N-dealkylation sites (tertiary alicyclic amines) is 2. The second kappa shape index (κ2) is 24.5. The molecule has 4 aromatic carbocycles. The first kappa shape index (κ1) is 58.3. The summed E-state index contributed by atoms with van der Waals surface area (Å²) in [6.07, 6.45) is 0.435. The molecule has 3 fully saturated rings. The fourth-order valence-electron chi connectivity index (χ4n) is 11.6. The predicted octanol–water partition coefficient (Wildman–Crippen LogP) is 11.4. The summed E-state index contributed by atoms with van der Waals surface area (Å²) in [5, 5.41) is 27.7. The second-order valence-corrected chi connectivity index (χ2v) is 24.8. The number of fused-ring (bicyclic) bond motifs is 2. The summed E-state index contributed by atoms with van der Waals surface area (Å²) in [7, 11) is 0. The molecule has 17 nitrogen and oxygen atoms in total. The van der Waals surface area contributed by atoms with E-state index in [0.717, 1.165) is 53.0 Å². The molecule has 434 valence electrons. The van der Waals surface area contributed by atoms with Crippen molar-refractivity contribution in [1.82, 2.24) is 34.8 Å². The predicted molar refractivity (Wildman–Crippen MR) is 314 cm³/mol. The number of piperazine rings is 1. The maximum Gasteiger partial charge on any atom is 0.410 e. The van der Waals surface area contributed by atoms with E-state index in [-0.39, 0.29) is 82.6 Å². The largest absolute Gasteiger partial charge is 0.508 e. The topological polar surface area (TPSA) is 197 Å². The Balaban J connectivity index is 0.764. The van der Waals surface area contributed by atoms with Crippen LogP contribution in [0.4, 0.5) is 15.0 Å². The number of Topliss-reactive ketones (excluding diaryl/α,β-unsaturated/α-hetero) is 1. The number of rotatable bonds is 17. The molecule has 2 N–H and O–H groups in total. The Labute approximate surface area is 486 Å². The van der Waals surface area contributed by atoms with Crippen LogP contribution in [0.15, 0.2) is 82.8 Å². The standard InChI is InChI=1S/C62H72ClFN8O9S/c1-35(2)53(59(76)72-32-44(74)28-49(72)50(75)25-36(3)40-13-15-41(16-14-40)57-38(5)65-34-82-57)51-30-52(68-81-51)78-33-39-17-19-69(20-18-39)31-37(4)79-60-66-56-47(58(67-60)70-21-23-71(24-22-70)61(77)80-62(6,7)8)29-48(63)54(55(56)64)46-27-43(73)26-42-11-9-10-12-45(42)46/h9-16,26-27,29-30,34-37,39,44,49,53,73-74H,17-25,28,31-33H2,1-8H3/t36-,37-,44-,49+,53-/m1/s1. The van der Waals surface area contributed by atoms with Crippen LogP contribution in [0.1, 0.15) is 103 Å². The average Bonchev–Trinajstić information content (AvgIpc) is 4.15. The van der Waals surface area contributed by atoms with Gasteiger partial charge in [0.25, 0.3) is 5.88 Å². The van der Waals surface area contributed by atoms with Crippen molar-refractivity contribution in [2.24, 2.45) is 11.8 Å². The van der Waals surface area contributed by atoms with Gasteiger partial charge in [-0.25, -0.2) is 14.2 Å². The van der Waals surface area contributed by atoms with Crippen molar-refractivity contribution in [3.8, 4) is 39.2 Å². The van der Waals surface area contributed by atoms with Crippen LogP contribution in [-0.4, -0.2) is 146 Å². The first-order chi connectivity index (χ1) is 39.2. The van der Waals surface area contributed by atoms with Crippen LogP contribution < -0.4 is 14.4 Å². The van der Waals surface area contributed by atoms with Crippen molar-refractivity contribution in [3.63, 3.8) is 0 Å². The number of β-amino-alcohol motifs (C(OH)–C–C–N with tert-alkyl or cyclic N) is 1. The van der Waals surface area contributed by atoms with E-state index in [1.165, 1.54) is 11.0 Å². The summed E-state index contributed by atoms with van der Waals surface area (Å²) >= 11 is 8.58. The molecule has 3 aliphatic heterocycles. The quantitative estimate of drug-likeness (QED) is 0.0873. The first-order valence-electron chi connectivity index (χ1n) is 28.3. The molecule has 5 atom stereocenters. The number of aliphatic hydroxyl groups excluding tert-OH is 1. The molecule has 3 saturated heterocycles. The molecule has 0 bridgehead atoms. The van der Waals surface area contributed by atoms with Crippen molar-refractivity contribution in [2.75, 3.05) is 63.9 Å². The van der Waals surface area contributed by atoms with Crippen LogP contribution in [0.3, 0.4) is 0 Å². The number of aryl methyl sites for hydroxylation is 1. The zero-order chi connectivity index (χ0) is 58.1. The van der Waals surface area contributed by atoms with Gasteiger partial charge in [-0.05, 0) is 129 Å². The highest BCUT2D eigenvalue weighted by Gasteiger charge is 2.43. The van der Waals surface area contributed by atoms with E-state index in [9.17, 15) is 24.6 Å². The van der Waals surface area contributed by atoms with E-state index in [2.05, 4.69) is 27.2 Å². The molecule has 0 saturated carbocycles. The van der Waals surface area contributed by atoms with E-state index in [1.54, 1.807) is 34.4 Å². The molecule has 10 rings (SSSR count). The lowest BCUT2D eigenvalue weighted by atomic mass is 9.89. The zero-order valence-corrected chi connectivity index (χ0v) is 49.3. The summed E-state index contributed by atoms with van der Waals surface area (Å²) in [6, 6.07) is 21.3. The summed E-state index contributed by atoms with van der Waals surface area (Å²) in [5.41, 5.74) is 4.78. The molecular weight excluding hydrogens is 1090 g/mol. The minimum Gasteiger partial charge on any atom is -0.508 e. The number of ketones is 1. The molecule has 7 aromatic rings. The Morgan fingerprint density at radius 3 is 2.35 bits per heavy atom. The monoisotopic (exact) mass is 1160 g/mol. The van der Waals surface area contributed by atoms with Gasteiger partial charge in [0.2, 0.25) is 5.91 Å². The van der Waals surface area contributed by atoms with Gasteiger partial charge in [0.05, 0.1) is 39.9 Å². The number of halogens is 2. The Hall–Kier alpha value is -6.93. The second-order valence-electron chi connectivity index (χ2n) is 23.6. The number of aromatic nitrogens is 4. The fourth-order valence-corrected chi connectivity index (χ4v) is 12.7. The molecule has 82 heavy (non-hydrogen) atoms. The SMILES string of the molecule is Cc1ncsc1-c1ccc([C@H](C)CC(=O)[C@@H]2C[C@@H](O)CN2C(=O)[C@@H](c2cc(OCC3CCN(C[C@@H](C)Oc4nc(N5CCN(C(=O)OC(C)(C)C)CC5)c5cc(Cl)c(-c6cc(O)cc7ccccc67)c(F)c5n4)CC3)no2)C(C)C)cc1. The van der Waals surface area contributed by atoms with E-state index >= 15 is 4.39 Å². The number of carbonyl (C=O) groups excluding carboxylic acids is 3. The van der Waals surface area contributed by atoms with Crippen molar-refractivity contribution < 1.29 is 47.7 Å². The molecule has 0 unspecified atom stereocenters. The van der Waals surface area contributed by atoms with Crippen LogP contribution in [0.25, 0.3) is 43.2 Å². The van der Waals surface area contributed by atoms with E-state index < -0.39 is 41.7 Å². The van der Waals surface area contributed by atoms with Crippen molar-refractivity contribution in [3.05, 3.63) is 106 Å². The third-order valence-corrected chi connectivity index (χ3v) is 17.1. The smallest absolute Gasteiger partial charge is 0.410 e. The summed E-state index contributed by atoms with van der Waals surface area (Å²) in [5.74, 6) is -0.882. The molecule has 3 aliphatic rings. The number of phenolic OH excluding ortho intramolecular Hbond substituents is 1.